The van der Waals surface area contributed by atoms with Gasteiger partial charge in [0.1, 0.15) is 23.7 Å². The number of aliphatic hydroxyl groups excluding tert-OH is 1. The van der Waals surface area contributed by atoms with Crippen molar-refractivity contribution in [1.29, 1.82) is 0 Å². The molecular formula is C30H33FN4O9S. The maximum Gasteiger partial charge on any atom is 0.409 e. The summed E-state index contributed by atoms with van der Waals surface area (Å²) in [6.45, 7) is 4.44. The Labute approximate surface area is 260 Å². The van der Waals surface area contributed by atoms with Gasteiger partial charge in [-0.2, -0.15) is 0 Å². The van der Waals surface area contributed by atoms with Crippen LogP contribution in [0.5, 0.6) is 0 Å². The lowest BCUT2D eigenvalue weighted by Crippen LogP contribution is -2.63. The topological polar surface area (TPSA) is 170 Å². The highest BCUT2D eigenvalue weighted by atomic mass is 32.2. The Morgan fingerprint density at radius 3 is 2.38 bits per heavy atom. The number of carbonyl (C=O) groups excluding carboxylic acids is 2. The van der Waals surface area contributed by atoms with E-state index in [0.29, 0.717) is 23.5 Å². The van der Waals surface area contributed by atoms with Gasteiger partial charge in [0.2, 0.25) is 11.3 Å². The minimum atomic E-state index is -1.36. The van der Waals surface area contributed by atoms with Gasteiger partial charge >= 0.3 is 18.0 Å². The maximum absolute atomic E-state index is 15.3. The minimum absolute atomic E-state index is 0.00159. The van der Waals surface area contributed by atoms with Crippen LogP contribution in [0.25, 0.3) is 10.9 Å². The zero-order valence-corrected chi connectivity index (χ0v) is 25.5. The van der Waals surface area contributed by atoms with Crippen LogP contribution in [0, 0.1) is 17.7 Å². The number of hydrogen-bond acceptors (Lipinski definition) is 9. The lowest BCUT2D eigenvalue weighted by atomic mass is 9.79. The number of thioether (sulfide) groups is 1. The Morgan fingerprint density at radius 1 is 1.09 bits per heavy atom. The van der Waals surface area contributed by atoms with Gasteiger partial charge in [-0.15, -0.1) is 11.8 Å². The van der Waals surface area contributed by atoms with Crippen LogP contribution in [0.15, 0.2) is 33.7 Å². The van der Waals surface area contributed by atoms with Crippen LogP contribution in [0.3, 0.4) is 0 Å². The first-order valence-electron chi connectivity index (χ1n) is 14.8. The third kappa shape index (κ3) is 5.31. The molecule has 2 saturated heterocycles. The van der Waals surface area contributed by atoms with E-state index in [2.05, 4.69) is 0 Å². The van der Waals surface area contributed by atoms with Gasteiger partial charge in [0.05, 0.1) is 29.3 Å². The fourth-order valence-corrected chi connectivity index (χ4v) is 7.74. The van der Waals surface area contributed by atoms with Gasteiger partial charge in [-0.05, 0) is 31.9 Å². The number of nitrogens with zero attached hydrogens (tertiary/aromatic N) is 4. The van der Waals surface area contributed by atoms with E-state index in [1.807, 2.05) is 6.92 Å². The lowest BCUT2D eigenvalue weighted by Gasteiger charge is -2.46. The number of carboxylic acid groups (broad SMARTS) is 2. The lowest BCUT2D eigenvalue weighted by molar-refractivity contribution is -0.163. The molecule has 1 aliphatic carbocycles. The number of carbonyl (C=O) groups is 4. The summed E-state index contributed by atoms with van der Waals surface area (Å²) in [4.78, 5) is 66.6. The zero-order valence-electron chi connectivity index (χ0n) is 24.6. The second-order valence-corrected chi connectivity index (χ2v) is 13.0. The number of β-lactam (4-membered cyclic amide) rings is 1. The molecule has 0 radical (unpaired) electrons. The van der Waals surface area contributed by atoms with Gasteiger partial charge in [0, 0.05) is 60.4 Å². The molecule has 3 fully saturated rings. The standard InChI is InChI=1S/C30H33FN4O9S/c1-14-23-22(15(2)36)27(38)35(23)24(29(41)42)26(14)45-10-9-44-30(43)33-7-5-32(6-8-33)21-12-20-17(11-19(21)31)25(37)18(28(39)40)13-34(20)16-3-4-16/h11-16,22-23,36H,3-10H2,1-2H3,(H,39,40)(H,41,42)/t14?,15-,22+,23+/m1/s1. The molecule has 4 aliphatic rings. The molecule has 1 aromatic heterocycles. The Kier molecular flexibility index (Phi) is 8.01. The number of carboxylic acids is 2. The molecule has 13 nitrogen and oxygen atoms in total. The number of ether oxygens (including phenoxy) is 1. The first-order valence-corrected chi connectivity index (χ1v) is 15.8. The second kappa shape index (κ2) is 11.7. The predicted octanol–water partition coefficient (Wildman–Crippen LogP) is 2.32. The number of aliphatic carboxylic acids is 1. The number of piperazine rings is 1. The van der Waals surface area contributed by atoms with Gasteiger partial charge in [-0.3, -0.25) is 9.59 Å². The van der Waals surface area contributed by atoms with Crippen molar-refractivity contribution < 1.29 is 43.6 Å². The number of amides is 2. The summed E-state index contributed by atoms with van der Waals surface area (Å²) in [6, 6.07) is 2.30. The van der Waals surface area contributed by atoms with Crippen LogP contribution in [-0.4, -0.2) is 104 Å². The molecule has 1 saturated carbocycles. The number of anilines is 1. The van der Waals surface area contributed by atoms with Crippen molar-refractivity contribution >= 4 is 52.3 Å². The second-order valence-electron chi connectivity index (χ2n) is 11.8. The smallest absolute Gasteiger partial charge is 0.409 e. The average Bonchev–Trinajstić information content (AvgIpc) is 3.80. The van der Waals surface area contributed by atoms with Gasteiger partial charge in [0.15, 0.2) is 0 Å². The molecule has 240 valence electrons. The van der Waals surface area contributed by atoms with Crippen molar-refractivity contribution in [2.45, 2.75) is 44.9 Å². The SMILES string of the molecule is CC1C(SCCOC(=O)N2CCN(c3cc4c(cc3F)c(=O)c(C(=O)O)cn4C3CC3)CC2)=C(C(=O)O)N2C(=O)[C@@H]([C@@H](C)O)[C@H]12. The van der Waals surface area contributed by atoms with E-state index in [0.717, 1.165) is 18.9 Å². The summed E-state index contributed by atoms with van der Waals surface area (Å²) in [5.74, 6) is -4.30. The fourth-order valence-electron chi connectivity index (χ4n) is 6.63. The molecule has 3 aliphatic heterocycles. The first kappa shape index (κ1) is 30.9. The molecule has 1 unspecified atom stereocenters. The van der Waals surface area contributed by atoms with E-state index in [4.69, 9.17) is 4.74 Å². The molecule has 45 heavy (non-hydrogen) atoms. The van der Waals surface area contributed by atoms with E-state index < -0.39 is 58.8 Å². The monoisotopic (exact) mass is 644 g/mol. The van der Waals surface area contributed by atoms with E-state index in [-0.39, 0.29) is 54.2 Å². The van der Waals surface area contributed by atoms with Gasteiger partial charge < -0.3 is 39.3 Å². The number of aromatic nitrogens is 1. The van der Waals surface area contributed by atoms with Gasteiger partial charge in [0.25, 0.3) is 0 Å². The fraction of sp³-hybridized carbons (Fsp3) is 0.500. The van der Waals surface area contributed by atoms with Crippen LogP contribution in [-0.2, 0) is 14.3 Å². The van der Waals surface area contributed by atoms with Crippen molar-refractivity contribution in [2.75, 3.05) is 43.4 Å². The summed E-state index contributed by atoms with van der Waals surface area (Å²) >= 11 is 1.21. The molecule has 4 atom stereocenters. The molecular weight excluding hydrogens is 611 g/mol. The number of halogens is 1. The summed E-state index contributed by atoms with van der Waals surface area (Å²) < 4.78 is 22.4. The number of fused-ring (bicyclic) bond motifs is 2. The largest absolute Gasteiger partial charge is 0.477 e. The Balaban J connectivity index is 1.06. The molecule has 0 spiro atoms. The minimum Gasteiger partial charge on any atom is -0.477 e. The molecule has 0 bridgehead atoms. The van der Waals surface area contributed by atoms with Crippen LogP contribution in [0.1, 0.15) is 43.1 Å². The molecule has 3 N–H and O–H groups in total. The van der Waals surface area contributed by atoms with E-state index in [1.54, 1.807) is 15.5 Å². The summed E-state index contributed by atoms with van der Waals surface area (Å²) in [5, 5.41) is 29.2. The van der Waals surface area contributed by atoms with Crippen molar-refractivity contribution in [2.24, 2.45) is 11.8 Å². The van der Waals surface area contributed by atoms with E-state index in [9.17, 15) is 39.3 Å². The quantitative estimate of drug-likeness (QED) is 0.271. The highest BCUT2D eigenvalue weighted by Crippen LogP contribution is 2.50. The highest BCUT2D eigenvalue weighted by Gasteiger charge is 2.59. The number of hydrogen-bond donors (Lipinski definition) is 3. The normalized spacial score (nSPS) is 23.7. The third-order valence-corrected chi connectivity index (χ3v) is 10.3. The van der Waals surface area contributed by atoms with Gasteiger partial charge in [-0.1, -0.05) is 6.92 Å². The molecule has 2 aromatic rings. The van der Waals surface area contributed by atoms with Crippen molar-refractivity contribution in [3.05, 3.63) is 50.5 Å². The molecule has 1 aromatic carbocycles. The molecule has 6 rings (SSSR count). The first-order chi connectivity index (χ1) is 21.4. The number of rotatable bonds is 9. The van der Waals surface area contributed by atoms with Crippen molar-refractivity contribution in [1.82, 2.24) is 14.4 Å². The highest BCUT2D eigenvalue weighted by molar-refractivity contribution is 8.03. The van der Waals surface area contributed by atoms with Crippen LogP contribution >= 0.6 is 11.8 Å². The maximum atomic E-state index is 15.3. The third-order valence-electron chi connectivity index (χ3n) is 9.03. The van der Waals surface area contributed by atoms with Crippen molar-refractivity contribution in [3.8, 4) is 0 Å². The molecule has 4 heterocycles. The van der Waals surface area contributed by atoms with E-state index in [1.165, 1.54) is 34.7 Å². The zero-order chi connectivity index (χ0) is 32.3. The van der Waals surface area contributed by atoms with Crippen LogP contribution in [0.2, 0.25) is 0 Å². The van der Waals surface area contributed by atoms with Crippen LogP contribution in [0.4, 0.5) is 14.9 Å². The number of pyridine rings is 1. The molecule has 2 amide bonds. The van der Waals surface area contributed by atoms with Gasteiger partial charge in [-0.25, -0.2) is 18.8 Å². The number of aromatic carboxylic acids is 1. The van der Waals surface area contributed by atoms with Crippen molar-refractivity contribution in [3.63, 3.8) is 0 Å². The summed E-state index contributed by atoms with van der Waals surface area (Å²) in [5.41, 5.74) is -0.478. The van der Waals surface area contributed by atoms with Crippen LogP contribution < -0.4 is 10.3 Å². The molecule has 15 heteroatoms. The Bertz CT molecular complexity index is 1700. The summed E-state index contributed by atoms with van der Waals surface area (Å²) in [6.07, 6.45) is 1.55. The summed E-state index contributed by atoms with van der Waals surface area (Å²) in [7, 11) is 0. The Hall–Kier alpha value is -4.11. The van der Waals surface area contributed by atoms with E-state index >= 15 is 4.39 Å². The average molecular weight is 645 g/mol. The Morgan fingerprint density at radius 2 is 1.78 bits per heavy atom. The number of benzene rings is 1. The predicted molar refractivity (Wildman–Crippen MR) is 161 cm³/mol. The number of aliphatic hydroxyl groups is 1.